The van der Waals surface area contributed by atoms with E-state index in [1.54, 1.807) is 0 Å². The van der Waals surface area contributed by atoms with Crippen molar-refractivity contribution in [2.24, 2.45) is 0 Å². The number of hydrogen-bond acceptors (Lipinski definition) is 2. The molecule has 2 aliphatic rings. The van der Waals surface area contributed by atoms with E-state index < -0.39 is 5.41 Å². The standard InChI is InChI=1S/C55H35NO.CH4/c1-3-14-36(15-4-1)38-26-30-40(31-27-38)56(41-32-28-39(29-33-41)37-16-5-2-6-17-37)49-24-13-23-47-52(49)42-18-7-10-21-45(42)55(47)46-22-11-8-19-43(46)53-48(55)34-35-51-54(53)44-20-9-12-25-50(44)57-51;/h1-35H;1H4. The smallest absolute Gasteiger partial charge is 0.136 e. The maximum Gasteiger partial charge on any atom is 0.136 e. The summed E-state index contributed by atoms with van der Waals surface area (Å²) in [5.41, 5.74) is 19.8. The molecule has 0 N–H and O–H groups in total. The number of anilines is 3. The van der Waals surface area contributed by atoms with Gasteiger partial charge in [-0.25, -0.2) is 0 Å². The third kappa shape index (κ3) is 4.72. The van der Waals surface area contributed by atoms with Gasteiger partial charge in [-0.2, -0.15) is 0 Å². The molecule has 2 heteroatoms. The molecule has 1 aromatic heterocycles. The Kier molecular flexibility index (Phi) is 7.64. The fraction of sp³-hybridized carbons (Fsp3) is 0.0357. The normalized spacial score (nSPS) is 14.5. The Labute approximate surface area is 338 Å². The van der Waals surface area contributed by atoms with Crippen molar-refractivity contribution in [2.75, 3.05) is 4.90 Å². The van der Waals surface area contributed by atoms with E-state index in [4.69, 9.17) is 4.42 Å². The molecular formula is C56H39NO. The van der Waals surface area contributed by atoms with E-state index in [9.17, 15) is 0 Å². The van der Waals surface area contributed by atoms with Gasteiger partial charge in [0, 0.05) is 27.7 Å². The number of benzene rings is 9. The highest BCUT2D eigenvalue weighted by Crippen LogP contribution is 2.66. The fourth-order valence-corrected chi connectivity index (χ4v) is 9.95. The van der Waals surface area contributed by atoms with Crippen LogP contribution in [0, 0.1) is 0 Å². The van der Waals surface area contributed by atoms with Crippen LogP contribution in [0.1, 0.15) is 29.7 Å². The minimum atomic E-state index is -0.513. The SMILES string of the molecule is C.c1ccc(-c2ccc(N(c3ccc(-c4ccccc4)cc3)c3cccc4c3-c3ccccc3C43c4ccccc4-c4c3ccc3oc5ccccc5c43)cc2)cc1. The van der Waals surface area contributed by atoms with Crippen molar-refractivity contribution >= 4 is 39.0 Å². The summed E-state index contributed by atoms with van der Waals surface area (Å²) < 4.78 is 6.50. The largest absolute Gasteiger partial charge is 0.456 e. The molecule has 10 aromatic rings. The lowest BCUT2D eigenvalue weighted by Gasteiger charge is -2.32. The molecule has 1 unspecified atom stereocenters. The lowest BCUT2D eigenvalue weighted by molar-refractivity contribution is 0.668. The van der Waals surface area contributed by atoms with Crippen molar-refractivity contribution in [1.82, 2.24) is 0 Å². The lowest BCUT2D eigenvalue weighted by Crippen LogP contribution is -2.26. The topological polar surface area (TPSA) is 16.4 Å². The molecule has 0 bridgehead atoms. The summed E-state index contributed by atoms with van der Waals surface area (Å²) in [5, 5.41) is 2.34. The molecular weight excluding hydrogens is 703 g/mol. The first-order valence-corrected chi connectivity index (χ1v) is 19.7. The van der Waals surface area contributed by atoms with Crippen molar-refractivity contribution < 1.29 is 4.42 Å². The highest BCUT2D eigenvalue weighted by atomic mass is 16.3. The first-order chi connectivity index (χ1) is 28.3. The monoisotopic (exact) mass is 741 g/mol. The summed E-state index contributed by atoms with van der Waals surface area (Å²) in [5.74, 6) is 0. The second-order valence-electron chi connectivity index (χ2n) is 15.2. The van der Waals surface area contributed by atoms with Crippen molar-refractivity contribution in [1.29, 1.82) is 0 Å². The zero-order chi connectivity index (χ0) is 37.5. The summed E-state index contributed by atoms with van der Waals surface area (Å²) >= 11 is 0. The van der Waals surface area contributed by atoms with Gasteiger partial charge in [0.2, 0.25) is 0 Å². The number of nitrogens with zero attached hydrogens (tertiary/aromatic N) is 1. The van der Waals surface area contributed by atoms with Gasteiger partial charge in [-0.1, -0.05) is 177 Å². The van der Waals surface area contributed by atoms with E-state index in [-0.39, 0.29) is 7.43 Å². The Balaban J connectivity index is 0.00000385. The predicted molar refractivity (Wildman–Crippen MR) is 242 cm³/mol. The van der Waals surface area contributed by atoms with E-state index >= 15 is 0 Å². The maximum atomic E-state index is 6.50. The van der Waals surface area contributed by atoms with Crippen LogP contribution in [0.2, 0.25) is 0 Å². The number of rotatable bonds is 5. The van der Waals surface area contributed by atoms with Crippen LogP contribution >= 0.6 is 0 Å². The molecule has 1 atom stereocenters. The molecule has 2 nitrogen and oxygen atoms in total. The van der Waals surface area contributed by atoms with Gasteiger partial charge >= 0.3 is 0 Å². The van der Waals surface area contributed by atoms with Gasteiger partial charge in [0.15, 0.2) is 0 Å². The zero-order valence-electron chi connectivity index (χ0n) is 31.1. The average Bonchev–Trinajstić information content (AvgIpc) is 3.92. The van der Waals surface area contributed by atoms with Crippen LogP contribution in [-0.4, -0.2) is 0 Å². The highest BCUT2D eigenvalue weighted by molar-refractivity contribution is 6.16. The number of hydrogen-bond donors (Lipinski definition) is 0. The van der Waals surface area contributed by atoms with Gasteiger partial charge < -0.3 is 9.32 Å². The Hall–Kier alpha value is -7.42. The molecule has 0 fully saturated rings. The molecule has 12 rings (SSSR count). The number of para-hydroxylation sites is 1. The van der Waals surface area contributed by atoms with Gasteiger partial charge in [0.25, 0.3) is 0 Å². The van der Waals surface area contributed by atoms with E-state index in [0.717, 1.165) is 33.6 Å². The minimum Gasteiger partial charge on any atom is -0.456 e. The van der Waals surface area contributed by atoms with E-state index in [1.807, 2.05) is 0 Å². The van der Waals surface area contributed by atoms with E-state index in [2.05, 4.69) is 217 Å². The van der Waals surface area contributed by atoms with E-state index in [0.29, 0.717) is 0 Å². The van der Waals surface area contributed by atoms with Crippen LogP contribution in [0.15, 0.2) is 217 Å². The molecule has 0 radical (unpaired) electrons. The maximum absolute atomic E-state index is 6.50. The molecule has 0 amide bonds. The van der Waals surface area contributed by atoms with Crippen LogP contribution in [0.4, 0.5) is 17.1 Å². The predicted octanol–water partition coefficient (Wildman–Crippen LogP) is 15.4. The van der Waals surface area contributed by atoms with Gasteiger partial charge in [-0.3, -0.25) is 0 Å². The third-order valence-electron chi connectivity index (χ3n) is 12.3. The summed E-state index contributed by atoms with van der Waals surface area (Å²) in [6, 6.07) is 77.4. The Bertz CT molecular complexity index is 3080. The molecule has 0 saturated heterocycles. The van der Waals surface area contributed by atoms with Crippen LogP contribution < -0.4 is 4.90 Å². The van der Waals surface area contributed by atoms with Crippen LogP contribution in [0.5, 0.6) is 0 Å². The van der Waals surface area contributed by atoms with Crippen molar-refractivity contribution in [3.8, 4) is 44.5 Å². The van der Waals surface area contributed by atoms with Crippen LogP contribution in [-0.2, 0) is 5.41 Å². The molecule has 1 heterocycles. The third-order valence-corrected chi connectivity index (χ3v) is 12.3. The van der Waals surface area contributed by atoms with Crippen molar-refractivity contribution in [2.45, 2.75) is 12.8 Å². The van der Waals surface area contributed by atoms with Crippen LogP contribution in [0.25, 0.3) is 66.4 Å². The second kappa shape index (κ2) is 13.1. The quantitative estimate of drug-likeness (QED) is 0.175. The summed E-state index contributed by atoms with van der Waals surface area (Å²) in [6.07, 6.45) is 0. The Morgan fingerprint density at radius 3 is 1.45 bits per heavy atom. The first-order valence-electron chi connectivity index (χ1n) is 19.7. The summed E-state index contributed by atoms with van der Waals surface area (Å²) in [4.78, 5) is 2.45. The Morgan fingerprint density at radius 2 is 0.828 bits per heavy atom. The van der Waals surface area contributed by atoms with Crippen LogP contribution in [0.3, 0.4) is 0 Å². The number of furan rings is 1. The van der Waals surface area contributed by atoms with Gasteiger partial charge in [-0.15, -0.1) is 0 Å². The van der Waals surface area contributed by atoms with Gasteiger partial charge in [0.1, 0.15) is 11.2 Å². The molecule has 9 aromatic carbocycles. The Morgan fingerprint density at radius 1 is 0.345 bits per heavy atom. The molecule has 58 heavy (non-hydrogen) atoms. The molecule has 2 aliphatic carbocycles. The van der Waals surface area contributed by atoms with E-state index in [1.165, 1.54) is 72.1 Å². The lowest BCUT2D eigenvalue weighted by atomic mass is 9.70. The number of fused-ring (bicyclic) bond motifs is 14. The second-order valence-corrected chi connectivity index (χ2v) is 15.2. The molecule has 274 valence electrons. The minimum absolute atomic E-state index is 0. The first kappa shape index (κ1) is 33.9. The zero-order valence-corrected chi connectivity index (χ0v) is 31.1. The fourth-order valence-electron chi connectivity index (χ4n) is 9.95. The van der Waals surface area contributed by atoms with Gasteiger partial charge in [0.05, 0.1) is 11.1 Å². The molecule has 0 aliphatic heterocycles. The van der Waals surface area contributed by atoms with Crippen molar-refractivity contribution in [3.63, 3.8) is 0 Å². The van der Waals surface area contributed by atoms with Gasteiger partial charge in [-0.05, 0) is 104 Å². The average molecular weight is 742 g/mol. The molecule has 0 saturated carbocycles. The van der Waals surface area contributed by atoms with Crippen molar-refractivity contribution in [3.05, 3.63) is 235 Å². The molecule has 1 spiro atoms. The summed E-state index contributed by atoms with van der Waals surface area (Å²) in [6.45, 7) is 0. The highest BCUT2D eigenvalue weighted by Gasteiger charge is 2.53. The summed E-state index contributed by atoms with van der Waals surface area (Å²) in [7, 11) is 0.